The van der Waals surface area contributed by atoms with Gasteiger partial charge in [-0.05, 0) is 19.1 Å². The second-order valence-electron chi connectivity index (χ2n) is 3.41. The molecule has 16 heavy (non-hydrogen) atoms. The molecule has 1 rings (SSSR count). The molecule has 6 heteroatoms. The summed E-state index contributed by atoms with van der Waals surface area (Å²) in [6, 6.07) is 3.37. The number of alkyl halides is 3. The van der Waals surface area contributed by atoms with E-state index in [4.69, 9.17) is 14.9 Å². The molecule has 0 aliphatic rings. The zero-order chi connectivity index (χ0) is 12.2. The summed E-state index contributed by atoms with van der Waals surface area (Å²) in [6.07, 6.45) is -5.81. The van der Waals surface area contributed by atoms with E-state index in [9.17, 15) is 13.2 Å². The first-order valence-electron chi connectivity index (χ1n) is 4.87. The number of hydrogen-bond donors (Lipinski definition) is 1. The Morgan fingerprint density at radius 3 is 2.56 bits per heavy atom. The minimum Gasteiger partial charge on any atom is -0.464 e. The predicted molar refractivity (Wildman–Crippen MR) is 51.9 cm³/mol. The normalized spacial score (nSPS) is 14.1. The molecule has 3 nitrogen and oxygen atoms in total. The van der Waals surface area contributed by atoms with Gasteiger partial charge in [0.15, 0.2) is 0 Å². The molecule has 1 aromatic rings. The molecule has 0 aromatic carbocycles. The Bertz CT molecular complexity index is 322. The van der Waals surface area contributed by atoms with E-state index in [1.807, 2.05) is 0 Å². The maximum atomic E-state index is 11.9. The molecule has 2 N–H and O–H groups in total. The van der Waals surface area contributed by atoms with Gasteiger partial charge in [0.1, 0.15) is 17.6 Å². The fourth-order valence-electron chi connectivity index (χ4n) is 1.21. The predicted octanol–water partition coefficient (Wildman–Crippen LogP) is 2.56. The summed E-state index contributed by atoms with van der Waals surface area (Å²) in [6.45, 7) is 1.42. The summed E-state index contributed by atoms with van der Waals surface area (Å²) in [4.78, 5) is 0. The van der Waals surface area contributed by atoms with Crippen LogP contribution < -0.4 is 5.73 Å². The number of aryl methyl sites for hydroxylation is 1. The lowest BCUT2D eigenvalue weighted by Gasteiger charge is -2.14. The first-order valence-corrected chi connectivity index (χ1v) is 4.87. The maximum Gasteiger partial charge on any atom is 0.391 e. The van der Waals surface area contributed by atoms with E-state index in [1.54, 1.807) is 19.1 Å². The first kappa shape index (κ1) is 13.1. The largest absolute Gasteiger partial charge is 0.464 e. The average Bonchev–Trinajstić information content (AvgIpc) is 2.58. The van der Waals surface area contributed by atoms with Crippen LogP contribution in [-0.4, -0.2) is 19.3 Å². The van der Waals surface area contributed by atoms with Crippen LogP contribution in [-0.2, 0) is 4.74 Å². The quantitative estimate of drug-likeness (QED) is 0.856. The molecule has 92 valence electrons. The highest BCUT2D eigenvalue weighted by Gasteiger charge is 2.27. The van der Waals surface area contributed by atoms with Gasteiger partial charge in [-0.15, -0.1) is 0 Å². The van der Waals surface area contributed by atoms with Crippen LogP contribution in [0.3, 0.4) is 0 Å². The standard InChI is InChI=1S/C10H14F3NO2/c1-7-2-3-8(16-7)9(6-14)15-5-4-10(11,12)13/h2-3,9H,4-6,14H2,1H3. The monoisotopic (exact) mass is 237 g/mol. The number of nitrogens with two attached hydrogens (primary N) is 1. The molecule has 1 atom stereocenters. The van der Waals surface area contributed by atoms with E-state index >= 15 is 0 Å². The summed E-state index contributed by atoms with van der Waals surface area (Å²) in [5.74, 6) is 1.13. The molecule has 0 fully saturated rings. The Labute approximate surface area is 91.4 Å². The number of furan rings is 1. The Hall–Kier alpha value is -1.01. The van der Waals surface area contributed by atoms with Crippen LogP contribution in [0.15, 0.2) is 16.5 Å². The van der Waals surface area contributed by atoms with Gasteiger partial charge in [0.2, 0.25) is 0 Å². The number of halogens is 3. The summed E-state index contributed by atoms with van der Waals surface area (Å²) in [5, 5.41) is 0. The van der Waals surface area contributed by atoms with Gasteiger partial charge in [0.05, 0.1) is 13.0 Å². The Kier molecular flexibility index (Phi) is 4.37. The Balaban J connectivity index is 2.44. The van der Waals surface area contributed by atoms with Crippen molar-refractivity contribution in [3.05, 3.63) is 23.7 Å². The summed E-state index contributed by atoms with van der Waals surface area (Å²) in [7, 11) is 0. The van der Waals surface area contributed by atoms with Gasteiger partial charge in [0.25, 0.3) is 0 Å². The summed E-state index contributed by atoms with van der Waals surface area (Å²) in [5.41, 5.74) is 5.40. The molecule has 0 aliphatic carbocycles. The SMILES string of the molecule is Cc1ccc(C(CN)OCCC(F)(F)F)o1. The van der Waals surface area contributed by atoms with E-state index in [0.717, 1.165) is 0 Å². The zero-order valence-electron chi connectivity index (χ0n) is 8.88. The third kappa shape index (κ3) is 4.24. The van der Waals surface area contributed by atoms with E-state index in [2.05, 4.69) is 0 Å². The van der Waals surface area contributed by atoms with Crippen LogP contribution in [0.25, 0.3) is 0 Å². The molecular formula is C10H14F3NO2. The van der Waals surface area contributed by atoms with Crippen LogP contribution >= 0.6 is 0 Å². The van der Waals surface area contributed by atoms with Gasteiger partial charge < -0.3 is 14.9 Å². The second kappa shape index (κ2) is 5.36. The molecular weight excluding hydrogens is 223 g/mol. The van der Waals surface area contributed by atoms with Crippen molar-refractivity contribution in [3.63, 3.8) is 0 Å². The highest BCUT2D eigenvalue weighted by atomic mass is 19.4. The number of ether oxygens (including phenoxy) is 1. The molecule has 0 aliphatic heterocycles. The third-order valence-corrected chi connectivity index (χ3v) is 2.00. The maximum absolute atomic E-state index is 11.9. The second-order valence-corrected chi connectivity index (χ2v) is 3.41. The third-order valence-electron chi connectivity index (χ3n) is 2.00. The lowest BCUT2D eigenvalue weighted by atomic mass is 10.2. The zero-order valence-corrected chi connectivity index (χ0v) is 8.88. The topological polar surface area (TPSA) is 48.4 Å². The van der Waals surface area contributed by atoms with Gasteiger partial charge >= 0.3 is 6.18 Å². The van der Waals surface area contributed by atoms with Crippen molar-refractivity contribution in [1.29, 1.82) is 0 Å². The van der Waals surface area contributed by atoms with Gasteiger partial charge in [0, 0.05) is 6.54 Å². The fraction of sp³-hybridized carbons (Fsp3) is 0.600. The van der Waals surface area contributed by atoms with Crippen molar-refractivity contribution in [2.75, 3.05) is 13.2 Å². The number of hydrogen-bond acceptors (Lipinski definition) is 3. The van der Waals surface area contributed by atoms with Crippen molar-refractivity contribution in [3.8, 4) is 0 Å². The average molecular weight is 237 g/mol. The van der Waals surface area contributed by atoms with Gasteiger partial charge in [-0.25, -0.2) is 0 Å². The van der Waals surface area contributed by atoms with Gasteiger partial charge in [-0.2, -0.15) is 13.2 Å². The summed E-state index contributed by atoms with van der Waals surface area (Å²) >= 11 is 0. The van der Waals surface area contributed by atoms with Crippen LogP contribution in [0, 0.1) is 6.92 Å². The minimum absolute atomic E-state index is 0.0881. The van der Waals surface area contributed by atoms with Crippen LogP contribution in [0.2, 0.25) is 0 Å². The van der Waals surface area contributed by atoms with Crippen molar-refractivity contribution in [1.82, 2.24) is 0 Å². The van der Waals surface area contributed by atoms with E-state index < -0.39 is 25.3 Å². The molecule has 0 saturated carbocycles. The first-order chi connectivity index (χ1) is 7.42. The Morgan fingerprint density at radius 1 is 1.44 bits per heavy atom. The van der Waals surface area contributed by atoms with Crippen LogP contribution in [0.5, 0.6) is 0 Å². The fourth-order valence-corrected chi connectivity index (χ4v) is 1.21. The van der Waals surface area contributed by atoms with E-state index in [1.165, 1.54) is 0 Å². The van der Waals surface area contributed by atoms with Crippen LogP contribution in [0.4, 0.5) is 13.2 Å². The van der Waals surface area contributed by atoms with Gasteiger partial charge in [-0.1, -0.05) is 0 Å². The van der Waals surface area contributed by atoms with Gasteiger partial charge in [-0.3, -0.25) is 0 Å². The molecule has 0 spiro atoms. The highest BCUT2D eigenvalue weighted by molar-refractivity contribution is 5.08. The molecule has 0 radical (unpaired) electrons. The lowest BCUT2D eigenvalue weighted by molar-refractivity contribution is -0.149. The van der Waals surface area contributed by atoms with E-state index in [-0.39, 0.29) is 6.54 Å². The molecule has 1 aromatic heterocycles. The van der Waals surface area contributed by atoms with Crippen molar-refractivity contribution < 1.29 is 22.3 Å². The minimum atomic E-state index is -4.21. The summed E-state index contributed by atoms with van der Waals surface area (Å²) < 4.78 is 45.9. The van der Waals surface area contributed by atoms with E-state index in [0.29, 0.717) is 11.5 Å². The molecule has 0 bridgehead atoms. The smallest absolute Gasteiger partial charge is 0.391 e. The van der Waals surface area contributed by atoms with Crippen LogP contribution in [0.1, 0.15) is 24.0 Å². The molecule has 0 saturated heterocycles. The van der Waals surface area contributed by atoms with Crippen molar-refractivity contribution >= 4 is 0 Å². The molecule has 1 heterocycles. The van der Waals surface area contributed by atoms with Crippen molar-refractivity contribution in [2.45, 2.75) is 25.6 Å². The molecule has 1 unspecified atom stereocenters. The highest BCUT2D eigenvalue weighted by Crippen LogP contribution is 2.23. The number of rotatable bonds is 5. The Morgan fingerprint density at radius 2 is 2.12 bits per heavy atom. The lowest BCUT2D eigenvalue weighted by Crippen LogP contribution is -2.19. The van der Waals surface area contributed by atoms with Crippen molar-refractivity contribution in [2.24, 2.45) is 5.73 Å². The molecule has 0 amide bonds.